The SMILES string of the molecule is CCOC(=O)C1=C(C)N=c2sc(=Cc3cn[nH]c3-c3ccccc3)c(=O)n2[C@H]1c1ccc(Cl)cc1. The number of nitrogens with zero attached hydrogens (tertiary/aromatic N) is 3. The van der Waals surface area contributed by atoms with Gasteiger partial charge in [0.15, 0.2) is 4.80 Å². The molecular weight excluding hydrogens is 484 g/mol. The van der Waals surface area contributed by atoms with Crippen molar-refractivity contribution in [3.8, 4) is 11.3 Å². The van der Waals surface area contributed by atoms with Gasteiger partial charge in [-0.3, -0.25) is 14.5 Å². The summed E-state index contributed by atoms with van der Waals surface area (Å²) in [7, 11) is 0. The number of hydrogen-bond donors (Lipinski definition) is 1. The molecular formula is C26H21ClN4O3S. The van der Waals surface area contributed by atoms with E-state index in [2.05, 4.69) is 15.2 Å². The molecule has 1 N–H and O–H groups in total. The molecule has 0 bridgehead atoms. The van der Waals surface area contributed by atoms with Gasteiger partial charge >= 0.3 is 5.97 Å². The van der Waals surface area contributed by atoms with Gasteiger partial charge in [0.2, 0.25) is 0 Å². The Labute approximate surface area is 209 Å². The molecule has 0 spiro atoms. The second-order valence-corrected chi connectivity index (χ2v) is 9.37. The molecule has 3 heterocycles. The maximum atomic E-state index is 13.7. The molecule has 35 heavy (non-hydrogen) atoms. The third-order valence-corrected chi connectivity index (χ3v) is 6.96. The van der Waals surface area contributed by atoms with Gasteiger partial charge in [-0.05, 0) is 37.6 Å². The largest absolute Gasteiger partial charge is 0.463 e. The summed E-state index contributed by atoms with van der Waals surface area (Å²) >= 11 is 7.38. The van der Waals surface area contributed by atoms with Crippen molar-refractivity contribution in [1.29, 1.82) is 0 Å². The molecule has 4 aromatic rings. The van der Waals surface area contributed by atoms with E-state index >= 15 is 0 Å². The van der Waals surface area contributed by atoms with E-state index in [0.717, 1.165) is 22.4 Å². The molecule has 0 radical (unpaired) electrons. The van der Waals surface area contributed by atoms with Crippen molar-refractivity contribution in [2.45, 2.75) is 19.9 Å². The van der Waals surface area contributed by atoms with Crippen molar-refractivity contribution in [3.05, 3.63) is 108 Å². The maximum absolute atomic E-state index is 13.7. The van der Waals surface area contributed by atoms with E-state index in [1.807, 2.05) is 42.5 Å². The molecule has 1 atom stereocenters. The van der Waals surface area contributed by atoms with Crippen molar-refractivity contribution in [2.75, 3.05) is 6.61 Å². The van der Waals surface area contributed by atoms with Crippen LogP contribution >= 0.6 is 22.9 Å². The van der Waals surface area contributed by atoms with Gasteiger partial charge in [-0.1, -0.05) is 65.4 Å². The third kappa shape index (κ3) is 4.26. The number of carbonyl (C=O) groups is 1. The lowest BCUT2D eigenvalue weighted by atomic mass is 9.96. The Bertz CT molecular complexity index is 1620. The van der Waals surface area contributed by atoms with E-state index in [1.54, 1.807) is 42.8 Å². The van der Waals surface area contributed by atoms with Gasteiger partial charge < -0.3 is 4.74 Å². The fraction of sp³-hybridized carbons (Fsp3) is 0.154. The van der Waals surface area contributed by atoms with Crippen LogP contribution in [0.3, 0.4) is 0 Å². The van der Waals surface area contributed by atoms with E-state index < -0.39 is 12.0 Å². The number of fused-ring (bicyclic) bond motifs is 1. The first kappa shape index (κ1) is 23.0. The number of aromatic amines is 1. The van der Waals surface area contributed by atoms with Crippen LogP contribution in [0.25, 0.3) is 17.3 Å². The Morgan fingerprint density at radius 1 is 1.20 bits per heavy atom. The number of aromatic nitrogens is 3. The zero-order chi connectivity index (χ0) is 24.5. The Morgan fingerprint density at radius 3 is 2.66 bits per heavy atom. The number of H-pyrrole nitrogens is 1. The number of ether oxygens (including phenoxy) is 1. The van der Waals surface area contributed by atoms with Gasteiger partial charge in [0.05, 0.1) is 40.3 Å². The zero-order valence-electron chi connectivity index (χ0n) is 19.0. The van der Waals surface area contributed by atoms with Crippen LogP contribution in [0.4, 0.5) is 0 Å². The van der Waals surface area contributed by atoms with Gasteiger partial charge in [-0.15, -0.1) is 0 Å². The van der Waals surface area contributed by atoms with Crippen LogP contribution in [0, 0.1) is 0 Å². The lowest BCUT2D eigenvalue weighted by Crippen LogP contribution is -2.39. The molecule has 0 saturated carbocycles. The molecule has 5 rings (SSSR count). The Morgan fingerprint density at radius 2 is 1.94 bits per heavy atom. The quantitative estimate of drug-likeness (QED) is 0.418. The minimum Gasteiger partial charge on any atom is -0.463 e. The smallest absolute Gasteiger partial charge is 0.338 e. The van der Waals surface area contributed by atoms with Crippen molar-refractivity contribution < 1.29 is 9.53 Å². The summed E-state index contributed by atoms with van der Waals surface area (Å²) in [4.78, 5) is 31.8. The van der Waals surface area contributed by atoms with Gasteiger partial charge in [-0.2, -0.15) is 5.10 Å². The maximum Gasteiger partial charge on any atom is 0.338 e. The highest BCUT2D eigenvalue weighted by Gasteiger charge is 2.33. The summed E-state index contributed by atoms with van der Waals surface area (Å²) in [6.07, 6.45) is 3.49. The monoisotopic (exact) mass is 504 g/mol. The summed E-state index contributed by atoms with van der Waals surface area (Å²) in [5, 5.41) is 7.76. The molecule has 0 unspecified atom stereocenters. The van der Waals surface area contributed by atoms with Crippen LogP contribution in [-0.2, 0) is 9.53 Å². The highest BCUT2D eigenvalue weighted by molar-refractivity contribution is 7.07. The molecule has 1 aliphatic heterocycles. The van der Waals surface area contributed by atoms with E-state index in [4.69, 9.17) is 16.3 Å². The molecule has 0 saturated heterocycles. The van der Waals surface area contributed by atoms with E-state index in [0.29, 0.717) is 25.6 Å². The predicted molar refractivity (Wildman–Crippen MR) is 136 cm³/mol. The van der Waals surface area contributed by atoms with Gasteiger partial charge in [0.25, 0.3) is 5.56 Å². The number of rotatable bonds is 5. The van der Waals surface area contributed by atoms with Gasteiger partial charge in [0.1, 0.15) is 0 Å². The van der Waals surface area contributed by atoms with Crippen LogP contribution in [0.15, 0.2) is 81.9 Å². The summed E-state index contributed by atoms with van der Waals surface area (Å²) in [5.74, 6) is -0.496. The average Bonchev–Trinajstić information content (AvgIpc) is 3.44. The molecule has 0 aliphatic carbocycles. The van der Waals surface area contributed by atoms with Crippen molar-refractivity contribution in [3.63, 3.8) is 0 Å². The average molecular weight is 505 g/mol. The minimum absolute atomic E-state index is 0.218. The number of thiazole rings is 1. The first-order chi connectivity index (χ1) is 17.0. The molecule has 0 fully saturated rings. The number of carbonyl (C=O) groups excluding carboxylic acids is 1. The first-order valence-corrected chi connectivity index (χ1v) is 12.2. The highest BCUT2D eigenvalue weighted by Crippen LogP contribution is 2.31. The summed E-state index contributed by atoms with van der Waals surface area (Å²) < 4.78 is 7.37. The second-order valence-electron chi connectivity index (χ2n) is 7.92. The molecule has 1 aliphatic rings. The number of esters is 1. The lowest BCUT2D eigenvalue weighted by Gasteiger charge is -2.24. The Balaban J connectivity index is 1.70. The third-order valence-electron chi connectivity index (χ3n) is 5.72. The first-order valence-electron chi connectivity index (χ1n) is 11.0. The number of allylic oxidation sites excluding steroid dienone is 1. The molecule has 0 amide bonds. The number of nitrogens with one attached hydrogen (secondary N) is 1. The van der Waals surface area contributed by atoms with Crippen molar-refractivity contribution in [2.24, 2.45) is 4.99 Å². The number of hydrogen-bond acceptors (Lipinski definition) is 6. The molecule has 176 valence electrons. The molecule has 9 heteroatoms. The Hall–Kier alpha value is -3.75. The highest BCUT2D eigenvalue weighted by atomic mass is 35.5. The van der Waals surface area contributed by atoms with E-state index in [9.17, 15) is 9.59 Å². The Kier molecular flexibility index (Phi) is 6.23. The van der Waals surface area contributed by atoms with Crippen molar-refractivity contribution in [1.82, 2.24) is 14.8 Å². The zero-order valence-corrected chi connectivity index (χ0v) is 20.6. The van der Waals surface area contributed by atoms with Crippen LogP contribution in [0.2, 0.25) is 5.02 Å². The van der Waals surface area contributed by atoms with Crippen molar-refractivity contribution >= 4 is 35.0 Å². The molecule has 7 nitrogen and oxygen atoms in total. The number of benzene rings is 2. The van der Waals surface area contributed by atoms with E-state index in [-0.39, 0.29) is 12.2 Å². The van der Waals surface area contributed by atoms with Crippen LogP contribution in [0.5, 0.6) is 0 Å². The molecule has 2 aromatic carbocycles. The van der Waals surface area contributed by atoms with Crippen LogP contribution < -0.4 is 14.9 Å². The summed E-state index contributed by atoms with van der Waals surface area (Å²) in [5.41, 5.74) is 3.91. The standard InChI is InChI=1S/C26H21ClN4O3S/c1-3-34-25(33)21-15(2)29-26-31(23(21)17-9-11-19(27)12-10-17)24(32)20(35-26)13-18-14-28-30-22(18)16-7-5-4-6-8-16/h4-14,23H,3H2,1-2H3,(H,28,30)/t23-/m0/s1. The summed E-state index contributed by atoms with van der Waals surface area (Å²) in [6.45, 7) is 3.72. The van der Waals surface area contributed by atoms with Gasteiger partial charge in [-0.25, -0.2) is 9.79 Å². The fourth-order valence-corrected chi connectivity index (χ4v) is 5.30. The normalized spacial score (nSPS) is 15.6. The minimum atomic E-state index is -0.678. The van der Waals surface area contributed by atoms with Gasteiger partial charge in [0, 0.05) is 16.1 Å². The van der Waals surface area contributed by atoms with Crippen LogP contribution in [-0.4, -0.2) is 27.3 Å². The fourth-order valence-electron chi connectivity index (χ4n) is 4.13. The topological polar surface area (TPSA) is 89.3 Å². The number of halogens is 1. The summed E-state index contributed by atoms with van der Waals surface area (Å²) in [6, 6.07) is 16.2. The van der Waals surface area contributed by atoms with E-state index in [1.165, 1.54) is 11.3 Å². The van der Waals surface area contributed by atoms with Crippen LogP contribution in [0.1, 0.15) is 31.0 Å². The predicted octanol–water partition coefficient (Wildman–Crippen LogP) is 3.84. The molecule has 2 aromatic heterocycles. The second kappa shape index (κ2) is 9.48. The lowest BCUT2D eigenvalue weighted by molar-refractivity contribution is -0.139.